The van der Waals surface area contributed by atoms with E-state index in [2.05, 4.69) is 37.9 Å². The lowest BCUT2D eigenvalue weighted by Crippen LogP contribution is -2.48. The van der Waals surface area contributed by atoms with Crippen LogP contribution in [0.1, 0.15) is 67.7 Å². The molecule has 8 nitrogen and oxygen atoms in total. The van der Waals surface area contributed by atoms with Crippen LogP contribution in [-0.2, 0) is 22.6 Å². The minimum absolute atomic E-state index is 0.113. The van der Waals surface area contributed by atoms with Gasteiger partial charge >= 0.3 is 6.03 Å². The molecule has 2 aromatic carbocycles. The highest BCUT2D eigenvalue weighted by atomic mass is 19.1. The van der Waals surface area contributed by atoms with Crippen LogP contribution in [0.25, 0.3) is 0 Å². The number of rotatable bonds is 12. The molecule has 2 heterocycles. The molecule has 0 aliphatic carbocycles. The van der Waals surface area contributed by atoms with Crippen molar-refractivity contribution in [2.75, 3.05) is 51.3 Å². The fourth-order valence-corrected chi connectivity index (χ4v) is 5.28. The second kappa shape index (κ2) is 15.2. The Morgan fingerprint density at radius 3 is 2.14 bits per heavy atom. The Balaban J connectivity index is 1.59. The van der Waals surface area contributed by atoms with Crippen LogP contribution in [0.15, 0.2) is 59.0 Å². The lowest BCUT2D eigenvalue weighted by Gasteiger charge is -2.32. The first-order chi connectivity index (χ1) is 20.6. The number of halogens is 1. The molecular formula is C34H45FN4O4. The van der Waals surface area contributed by atoms with Crippen LogP contribution >= 0.6 is 0 Å². The quantitative estimate of drug-likeness (QED) is 0.265. The van der Waals surface area contributed by atoms with E-state index < -0.39 is 0 Å². The molecule has 0 spiro atoms. The molecule has 0 atom stereocenters. The predicted molar refractivity (Wildman–Crippen MR) is 167 cm³/mol. The zero-order valence-electron chi connectivity index (χ0n) is 26.1. The number of aryl methyl sites for hydroxylation is 1. The number of carbonyl (C=O) groups is 2. The van der Waals surface area contributed by atoms with Crippen molar-refractivity contribution >= 4 is 17.6 Å². The number of urea groups is 1. The van der Waals surface area contributed by atoms with Gasteiger partial charge in [-0.15, -0.1) is 0 Å². The van der Waals surface area contributed by atoms with E-state index in [4.69, 9.17) is 9.15 Å². The summed E-state index contributed by atoms with van der Waals surface area (Å²) in [7, 11) is 0. The molecule has 1 aliphatic rings. The number of ether oxygens (including phenoxy) is 1. The van der Waals surface area contributed by atoms with Crippen molar-refractivity contribution in [2.45, 2.75) is 59.5 Å². The van der Waals surface area contributed by atoms with Crippen LogP contribution in [0.2, 0.25) is 0 Å². The summed E-state index contributed by atoms with van der Waals surface area (Å²) < 4.78 is 24.9. The minimum atomic E-state index is -0.336. The number of amides is 3. The molecule has 0 saturated carbocycles. The first-order valence-corrected chi connectivity index (χ1v) is 15.2. The van der Waals surface area contributed by atoms with Gasteiger partial charge in [-0.25, -0.2) is 9.18 Å². The highest BCUT2D eigenvalue weighted by molar-refractivity contribution is 5.94. The zero-order valence-corrected chi connectivity index (χ0v) is 26.1. The van der Waals surface area contributed by atoms with E-state index in [0.29, 0.717) is 32.1 Å². The van der Waals surface area contributed by atoms with E-state index in [1.54, 1.807) is 21.9 Å². The normalized spacial score (nSPS) is 13.9. The Labute approximate surface area is 254 Å². The molecule has 0 unspecified atom stereocenters. The molecule has 1 aromatic heterocycles. The van der Waals surface area contributed by atoms with Crippen LogP contribution in [0, 0.1) is 12.7 Å². The van der Waals surface area contributed by atoms with Gasteiger partial charge in [-0.1, -0.05) is 58.0 Å². The van der Waals surface area contributed by atoms with Crippen molar-refractivity contribution in [3.8, 4) is 0 Å². The van der Waals surface area contributed by atoms with Crippen LogP contribution in [-0.4, -0.2) is 72.6 Å². The summed E-state index contributed by atoms with van der Waals surface area (Å²) >= 11 is 0. The minimum Gasteiger partial charge on any atom is -0.464 e. The Morgan fingerprint density at radius 1 is 0.907 bits per heavy atom. The van der Waals surface area contributed by atoms with Gasteiger partial charge < -0.3 is 24.3 Å². The molecule has 43 heavy (non-hydrogen) atoms. The van der Waals surface area contributed by atoms with Crippen molar-refractivity contribution in [1.82, 2.24) is 14.7 Å². The Morgan fingerprint density at radius 2 is 1.56 bits per heavy atom. The van der Waals surface area contributed by atoms with Crippen molar-refractivity contribution in [3.05, 3.63) is 88.6 Å². The van der Waals surface area contributed by atoms with Gasteiger partial charge in [0.2, 0.25) is 5.91 Å². The second-order valence-corrected chi connectivity index (χ2v) is 11.8. The molecule has 0 bridgehead atoms. The molecule has 3 aromatic rings. The molecule has 1 fully saturated rings. The maximum atomic E-state index is 14.0. The second-order valence-electron chi connectivity index (χ2n) is 11.8. The lowest BCUT2D eigenvalue weighted by molar-refractivity contribution is -0.133. The zero-order chi connectivity index (χ0) is 30.9. The van der Waals surface area contributed by atoms with Gasteiger partial charge in [0.15, 0.2) is 0 Å². The number of nitrogens with zero attached hydrogens (tertiary/aromatic N) is 3. The summed E-state index contributed by atoms with van der Waals surface area (Å²) in [5.41, 5.74) is 3.72. The van der Waals surface area contributed by atoms with Gasteiger partial charge in [-0.05, 0) is 59.7 Å². The standard InChI is InChI=1S/C34H45FN4O4/c1-24(2)30-7-6-8-31(25(3)4)33(30)36-34(41)38(16-15-37-17-19-42-20-18-37)23-32(40)39(22-29-14-9-26(5)43-29)21-27-10-12-28(35)13-11-27/h6-14,24-25H,15-23H2,1-5H3,(H,36,41). The molecule has 1 aliphatic heterocycles. The molecule has 9 heteroatoms. The molecule has 4 rings (SSSR count). The number of nitrogens with one attached hydrogen (secondary N) is 1. The van der Waals surface area contributed by atoms with Crippen LogP contribution in [0.5, 0.6) is 0 Å². The largest absolute Gasteiger partial charge is 0.464 e. The molecular weight excluding hydrogens is 547 g/mol. The Kier molecular flexibility index (Phi) is 11.4. The van der Waals surface area contributed by atoms with Crippen LogP contribution < -0.4 is 5.32 Å². The smallest absolute Gasteiger partial charge is 0.322 e. The van der Waals surface area contributed by atoms with Crippen molar-refractivity contribution in [1.29, 1.82) is 0 Å². The third-order valence-corrected chi connectivity index (χ3v) is 7.79. The van der Waals surface area contributed by atoms with E-state index in [1.807, 2.05) is 37.3 Å². The number of anilines is 1. The van der Waals surface area contributed by atoms with E-state index >= 15 is 0 Å². The Hall–Kier alpha value is -3.69. The maximum absolute atomic E-state index is 14.0. The third-order valence-electron chi connectivity index (χ3n) is 7.79. The van der Waals surface area contributed by atoms with E-state index in [0.717, 1.165) is 41.2 Å². The van der Waals surface area contributed by atoms with Gasteiger partial charge in [-0.2, -0.15) is 0 Å². The number of hydrogen-bond acceptors (Lipinski definition) is 5. The molecule has 1 N–H and O–H groups in total. The summed E-state index contributed by atoms with van der Waals surface area (Å²) in [5, 5.41) is 3.20. The van der Waals surface area contributed by atoms with Crippen LogP contribution in [0.3, 0.4) is 0 Å². The topological polar surface area (TPSA) is 78.3 Å². The van der Waals surface area contributed by atoms with Gasteiger partial charge in [0.05, 0.1) is 19.8 Å². The van der Waals surface area contributed by atoms with E-state index in [9.17, 15) is 14.0 Å². The van der Waals surface area contributed by atoms with Crippen LogP contribution in [0.4, 0.5) is 14.9 Å². The number of benzene rings is 2. The van der Waals surface area contributed by atoms with E-state index in [-0.39, 0.29) is 49.2 Å². The summed E-state index contributed by atoms with van der Waals surface area (Å²) in [6.07, 6.45) is 0. The summed E-state index contributed by atoms with van der Waals surface area (Å²) in [4.78, 5) is 33.4. The van der Waals surface area contributed by atoms with Gasteiger partial charge in [0.1, 0.15) is 23.9 Å². The fourth-order valence-electron chi connectivity index (χ4n) is 5.28. The van der Waals surface area contributed by atoms with Crippen molar-refractivity contribution in [2.24, 2.45) is 0 Å². The maximum Gasteiger partial charge on any atom is 0.322 e. The van der Waals surface area contributed by atoms with Crippen molar-refractivity contribution in [3.63, 3.8) is 0 Å². The summed E-state index contributed by atoms with van der Waals surface area (Å²) in [5.74, 6) is 1.25. The monoisotopic (exact) mass is 592 g/mol. The SMILES string of the molecule is Cc1ccc(CN(Cc2ccc(F)cc2)C(=O)CN(CCN2CCOCC2)C(=O)Nc2c(C(C)C)cccc2C(C)C)o1. The number of carbonyl (C=O) groups excluding carboxylic acids is 2. The lowest BCUT2D eigenvalue weighted by atomic mass is 9.93. The van der Waals surface area contributed by atoms with E-state index in [1.165, 1.54) is 12.1 Å². The highest BCUT2D eigenvalue weighted by Crippen LogP contribution is 2.32. The number of morpholine rings is 1. The Bertz CT molecular complexity index is 1320. The van der Waals surface area contributed by atoms with Gasteiger partial charge in [0.25, 0.3) is 0 Å². The fraction of sp³-hybridized carbons (Fsp3) is 0.471. The average Bonchev–Trinajstić information content (AvgIpc) is 3.40. The molecule has 1 saturated heterocycles. The first-order valence-electron chi connectivity index (χ1n) is 15.2. The molecule has 0 radical (unpaired) electrons. The third kappa shape index (κ3) is 9.15. The first kappa shape index (κ1) is 32.2. The average molecular weight is 593 g/mol. The number of para-hydroxylation sites is 1. The summed E-state index contributed by atoms with van der Waals surface area (Å²) in [6, 6.07) is 15.6. The number of hydrogen-bond donors (Lipinski definition) is 1. The van der Waals surface area contributed by atoms with Gasteiger partial charge in [-0.3, -0.25) is 9.69 Å². The number of furan rings is 1. The summed E-state index contributed by atoms with van der Waals surface area (Å²) in [6.45, 7) is 14.5. The van der Waals surface area contributed by atoms with Gasteiger partial charge in [0, 0.05) is 38.4 Å². The van der Waals surface area contributed by atoms with Crippen molar-refractivity contribution < 1.29 is 23.1 Å². The highest BCUT2D eigenvalue weighted by Gasteiger charge is 2.26. The molecule has 232 valence electrons. The predicted octanol–water partition coefficient (Wildman–Crippen LogP) is 6.37. The molecule has 3 amide bonds.